The average molecular weight is 390 g/mol. The van der Waals surface area contributed by atoms with Gasteiger partial charge in [-0.3, -0.25) is 9.59 Å². The Kier molecular flexibility index (Phi) is 4.34. The highest BCUT2D eigenvalue weighted by Crippen LogP contribution is 2.52. The Bertz CT molecular complexity index is 976. The van der Waals surface area contributed by atoms with E-state index in [1.165, 1.54) is 5.56 Å². The number of rotatable bonds is 5. The first-order valence-corrected chi connectivity index (χ1v) is 10.5. The predicted octanol–water partition coefficient (Wildman–Crippen LogP) is 3.66. The lowest BCUT2D eigenvalue weighted by atomic mass is 9.93. The number of carbonyl (C=O) groups excluding carboxylic acids is 2. The highest BCUT2D eigenvalue weighted by Gasteiger charge is 2.52. The van der Waals surface area contributed by atoms with Crippen molar-refractivity contribution in [1.82, 2.24) is 4.90 Å². The van der Waals surface area contributed by atoms with E-state index in [4.69, 9.17) is 4.74 Å². The zero-order chi connectivity index (χ0) is 20.0. The molecule has 2 aromatic carbocycles. The number of nitrogens with one attached hydrogen (secondary N) is 1. The van der Waals surface area contributed by atoms with E-state index in [0.717, 1.165) is 61.2 Å². The molecule has 0 radical (unpaired) electrons. The summed E-state index contributed by atoms with van der Waals surface area (Å²) >= 11 is 0. The number of fused-ring (bicyclic) bond motifs is 1. The maximum Gasteiger partial charge on any atom is 0.235 e. The first-order chi connectivity index (χ1) is 14.1. The van der Waals surface area contributed by atoms with E-state index < -0.39 is 5.41 Å². The molecule has 0 bridgehead atoms. The van der Waals surface area contributed by atoms with Crippen molar-refractivity contribution in [3.63, 3.8) is 0 Å². The fraction of sp³-hybridized carbons (Fsp3) is 0.417. The van der Waals surface area contributed by atoms with Crippen LogP contribution < -0.4 is 10.1 Å². The fourth-order valence-corrected chi connectivity index (χ4v) is 4.45. The van der Waals surface area contributed by atoms with Gasteiger partial charge in [-0.1, -0.05) is 24.3 Å². The molecule has 0 saturated heterocycles. The number of ether oxygens (including phenoxy) is 1. The zero-order valence-corrected chi connectivity index (χ0v) is 16.7. The van der Waals surface area contributed by atoms with Crippen molar-refractivity contribution in [3.05, 3.63) is 59.2 Å². The molecule has 2 saturated carbocycles. The van der Waals surface area contributed by atoms with E-state index in [9.17, 15) is 9.59 Å². The Morgan fingerprint density at radius 2 is 1.90 bits per heavy atom. The second kappa shape index (κ2) is 6.90. The summed E-state index contributed by atoms with van der Waals surface area (Å²) < 4.78 is 5.49. The van der Waals surface area contributed by atoms with E-state index in [1.807, 2.05) is 41.3 Å². The first kappa shape index (κ1) is 18.2. The lowest BCUT2D eigenvalue weighted by molar-refractivity contribution is -0.133. The molecule has 2 amide bonds. The summed E-state index contributed by atoms with van der Waals surface area (Å²) in [5.41, 5.74) is 3.67. The second-order valence-electron chi connectivity index (χ2n) is 8.50. The van der Waals surface area contributed by atoms with Crippen LogP contribution in [0.15, 0.2) is 42.5 Å². The Morgan fingerprint density at radius 1 is 1.10 bits per heavy atom. The molecule has 5 nitrogen and oxygen atoms in total. The van der Waals surface area contributed by atoms with Crippen molar-refractivity contribution in [1.29, 1.82) is 0 Å². The summed E-state index contributed by atoms with van der Waals surface area (Å²) in [5.74, 6) is 1.32. The summed E-state index contributed by atoms with van der Waals surface area (Å²) in [6.07, 6.45) is 4.60. The molecule has 5 rings (SSSR count). The van der Waals surface area contributed by atoms with Gasteiger partial charge in [0.15, 0.2) is 0 Å². The molecular formula is C24H26N2O3. The largest absolute Gasteiger partial charge is 0.496 e. The van der Waals surface area contributed by atoms with Gasteiger partial charge in [0.05, 0.1) is 12.5 Å². The molecule has 0 aromatic heterocycles. The van der Waals surface area contributed by atoms with Gasteiger partial charge in [-0.2, -0.15) is 0 Å². The van der Waals surface area contributed by atoms with Gasteiger partial charge in [-0.05, 0) is 61.4 Å². The molecule has 29 heavy (non-hydrogen) atoms. The van der Waals surface area contributed by atoms with E-state index >= 15 is 0 Å². The van der Waals surface area contributed by atoms with Crippen molar-refractivity contribution >= 4 is 17.5 Å². The SMILES string of the molecule is COc1ccccc1C1(C(=O)Nc2ccc3c(c2)CN(C(=O)C2CC2)CC3)CC1. The molecule has 0 spiro atoms. The summed E-state index contributed by atoms with van der Waals surface area (Å²) in [6, 6.07) is 13.9. The maximum atomic E-state index is 13.2. The average Bonchev–Trinajstić information content (AvgIpc) is 3.66. The predicted molar refractivity (Wildman–Crippen MR) is 111 cm³/mol. The number of para-hydroxylation sites is 1. The minimum Gasteiger partial charge on any atom is -0.496 e. The van der Waals surface area contributed by atoms with Crippen molar-refractivity contribution in [2.24, 2.45) is 5.92 Å². The van der Waals surface area contributed by atoms with Crippen LogP contribution in [0.3, 0.4) is 0 Å². The Hall–Kier alpha value is -2.82. The van der Waals surface area contributed by atoms with Crippen molar-refractivity contribution in [2.75, 3.05) is 19.0 Å². The number of hydrogen-bond acceptors (Lipinski definition) is 3. The second-order valence-corrected chi connectivity index (χ2v) is 8.50. The Morgan fingerprint density at radius 3 is 2.62 bits per heavy atom. The topological polar surface area (TPSA) is 58.6 Å². The quantitative estimate of drug-likeness (QED) is 0.848. The third kappa shape index (κ3) is 3.28. The van der Waals surface area contributed by atoms with E-state index in [0.29, 0.717) is 6.54 Å². The monoisotopic (exact) mass is 390 g/mol. The van der Waals surface area contributed by atoms with Crippen LogP contribution in [0, 0.1) is 5.92 Å². The Labute approximate surface area is 171 Å². The highest BCUT2D eigenvalue weighted by atomic mass is 16.5. The number of benzene rings is 2. The zero-order valence-electron chi connectivity index (χ0n) is 16.7. The van der Waals surface area contributed by atoms with Crippen LogP contribution >= 0.6 is 0 Å². The molecule has 2 aliphatic carbocycles. The lowest BCUT2D eigenvalue weighted by Gasteiger charge is -2.29. The van der Waals surface area contributed by atoms with Gasteiger partial charge in [0, 0.05) is 30.3 Å². The van der Waals surface area contributed by atoms with Crippen LogP contribution in [-0.4, -0.2) is 30.4 Å². The number of methoxy groups -OCH3 is 1. The number of carbonyl (C=O) groups is 2. The van der Waals surface area contributed by atoms with Crippen molar-refractivity contribution < 1.29 is 14.3 Å². The van der Waals surface area contributed by atoms with Gasteiger partial charge < -0.3 is 15.0 Å². The molecule has 5 heteroatoms. The molecular weight excluding hydrogens is 364 g/mol. The minimum atomic E-state index is -0.503. The molecule has 150 valence electrons. The molecule has 0 atom stereocenters. The lowest BCUT2D eigenvalue weighted by Crippen LogP contribution is -2.37. The van der Waals surface area contributed by atoms with Crippen LogP contribution in [0.4, 0.5) is 5.69 Å². The van der Waals surface area contributed by atoms with Crippen LogP contribution in [-0.2, 0) is 28.0 Å². The normalized spacial score (nSPS) is 19.3. The fourth-order valence-electron chi connectivity index (χ4n) is 4.45. The number of nitrogens with zero attached hydrogens (tertiary/aromatic N) is 1. The summed E-state index contributed by atoms with van der Waals surface area (Å²) in [6.45, 7) is 1.44. The summed E-state index contributed by atoms with van der Waals surface area (Å²) in [7, 11) is 1.64. The van der Waals surface area contributed by atoms with Gasteiger partial charge in [0.2, 0.25) is 11.8 Å². The summed E-state index contributed by atoms with van der Waals surface area (Å²) in [5, 5.41) is 3.13. The van der Waals surface area contributed by atoms with Gasteiger partial charge >= 0.3 is 0 Å². The molecule has 1 aliphatic heterocycles. The van der Waals surface area contributed by atoms with E-state index in [2.05, 4.69) is 11.4 Å². The van der Waals surface area contributed by atoms with Gasteiger partial charge in [0.25, 0.3) is 0 Å². The molecule has 3 aliphatic rings. The minimum absolute atomic E-state index is 0.0173. The standard InChI is InChI=1S/C24H26N2O3/c1-29-21-5-3-2-4-20(21)24(11-12-24)23(28)25-19-9-8-16-10-13-26(15-18(16)14-19)22(27)17-6-7-17/h2-5,8-9,14,17H,6-7,10-13,15H2,1H3,(H,25,28). The number of amides is 2. The third-order valence-corrected chi connectivity index (χ3v) is 6.52. The van der Waals surface area contributed by atoms with Gasteiger partial charge in [0.1, 0.15) is 5.75 Å². The molecule has 1 N–H and O–H groups in total. The van der Waals surface area contributed by atoms with Gasteiger partial charge in [-0.15, -0.1) is 0 Å². The molecule has 1 heterocycles. The molecule has 2 aromatic rings. The van der Waals surface area contributed by atoms with Crippen LogP contribution in [0.25, 0.3) is 0 Å². The first-order valence-electron chi connectivity index (χ1n) is 10.5. The van der Waals surface area contributed by atoms with E-state index in [1.54, 1.807) is 7.11 Å². The maximum absolute atomic E-state index is 13.2. The van der Waals surface area contributed by atoms with Crippen LogP contribution in [0.5, 0.6) is 5.75 Å². The van der Waals surface area contributed by atoms with Crippen molar-refractivity contribution in [3.8, 4) is 5.75 Å². The summed E-state index contributed by atoms with van der Waals surface area (Å²) in [4.78, 5) is 27.6. The van der Waals surface area contributed by atoms with Crippen molar-refractivity contribution in [2.45, 2.75) is 44.1 Å². The molecule has 2 fully saturated rings. The molecule has 0 unspecified atom stereocenters. The van der Waals surface area contributed by atoms with Gasteiger partial charge in [-0.25, -0.2) is 0 Å². The Balaban J connectivity index is 1.34. The third-order valence-electron chi connectivity index (χ3n) is 6.52. The van der Waals surface area contributed by atoms with Crippen LogP contribution in [0.1, 0.15) is 42.4 Å². The van der Waals surface area contributed by atoms with Crippen LogP contribution in [0.2, 0.25) is 0 Å². The smallest absolute Gasteiger partial charge is 0.235 e. The van der Waals surface area contributed by atoms with E-state index in [-0.39, 0.29) is 17.7 Å². The highest BCUT2D eigenvalue weighted by molar-refractivity contribution is 6.02. The number of anilines is 1. The number of hydrogen-bond donors (Lipinski definition) is 1.